The summed E-state index contributed by atoms with van der Waals surface area (Å²) >= 11 is 0. The molecule has 22 unspecified atom stereocenters. The van der Waals surface area contributed by atoms with E-state index >= 15 is 0 Å². The average Bonchev–Trinajstić information content (AvgIpc) is 1.81. The first-order valence-electron chi connectivity index (χ1n) is 46.7. The lowest BCUT2D eigenvalue weighted by Crippen LogP contribution is -2.47. The number of rotatable bonds is 4. The molecule has 600 valence electrons. The molecule has 0 aromatic carbocycles. The summed E-state index contributed by atoms with van der Waals surface area (Å²) in [5.41, 5.74) is 0. The molecule has 22 atom stereocenters. The van der Waals surface area contributed by atoms with Crippen LogP contribution in [0.1, 0.15) is 366 Å². The van der Waals surface area contributed by atoms with Crippen LogP contribution in [-0.4, -0.2) is 127 Å². The number of ether oxygens (including phenoxy) is 4. The first kappa shape index (κ1) is 88.9. The van der Waals surface area contributed by atoms with Crippen LogP contribution in [0, 0.1) is 118 Å². The lowest BCUT2D eigenvalue weighted by Gasteiger charge is -2.31. The van der Waals surface area contributed by atoms with E-state index in [-0.39, 0.29) is 12.2 Å². The fourth-order valence-electron chi connectivity index (χ4n) is 21.5. The molecule has 7 aliphatic rings. The second-order valence-corrected chi connectivity index (χ2v) is 39.5. The van der Waals surface area contributed by atoms with Gasteiger partial charge >= 0.3 is 0 Å². The van der Waals surface area contributed by atoms with Gasteiger partial charge in [0.2, 0.25) is 0 Å². The van der Waals surface area contributed by atoms with Gasteiger partial charge in [-0.1, -0.05) is 289 Å². The first-order chi connectivity index (χ1) is 49.5. The average molecular weight is 1430 g/mol. The summed E-state index contributed by atoms with van der Waals surface area (Å²) in [7, 11) is 0. The molecule has 2 N–H and O–H groups in total. The molecule has 0 aromatic heterocycles. The van der Waals surface area contributed by atoms with E-state index in [9.17, 15) is 0 Å². The lowest BCUT2D eigenvalue weighted by molar-refractivity contribution is -0.0390. The summed E-state index contributed by atoms with van der Waals surface area (Å²) in [4.78, 5) is 5.22. The molecule has 102 heavy (non-hydrogen) atoms. The lowest BCUT2D eigenvalue weighted by atomic mass is 9.84. The van der Waals surface area contributed by atoms with E-state index in [1.165, 1.54) is 283 Å². The van der Waals surface area contributed by atoms with Gasteiger partial charge in [-0.3, -0.25) is 9.80 Å². The molecule has 3 saturated heterocycles. The molecule has 8 bridgehead atoms. The minimum Gasteiger partial charge on any atom is -0.379 e. The van der Waals surface area contributed by atoms with Crippen molar-refractivity contribution in [3.8, 4) is 0 Å². The van der Waals surface area contributed by atoms with Crippen LogP contribution in [0.25, 0.3) is 0 Å². The molecule has 8 nitrogen and oxygen atoms in total. The Morgan fingerprint density at radius 3 is 0.745 bits per heavy atom. The number of hydrogen-bond donors (Lipinski definition) is 2. The zero-order valence-electron chi connectivity index (χ0n) is 70.7. The van der Waals surface area contributed by atoms with Gasteiger partial charge in [0.15, 0.2) is 0 Å². The molecule has 4 saturated carbocycles. The number of nitrogens with zero attached hydrogens (tertiary/aromatic N) is 2. The first-order valence-corrected chi connectivity index (χ1v) is 46.7. The molecule has 3 heterocycles. The monoisotopic (exact) mass is 1430 g/mol. The molecule has 4 aliphatic carbocycles. The van der Waals surface area contributed by atoms with Crippen molar-refractivity contribution in [1.82, 2.24) is 20.4 Å². The SMILES string of the molecule is CC1CCCC2CCC(C2)C(C)CCCC(C)CCC(C)CCCC(C)C2CCC(CCCC(C)CCOCC(CN3CCNCC3)OCCC(C)CCCC3CCC(C3)C(C)CCCC(C)CCC(C)CCCC(C)C3CCC(CCCC(C)CCOC(CN4CCNCC4)COCC1)C3)C2. The Morgan fingerprint density at radius 2 is 0.480 bits per heavy atom. The Morgan fingerprint density at radius 1 is 0.245 bits per heavy atom. The number of fused-ring (bicyclic) bond motifs is 8. The van der Waals surface area contributed by atoms with Crippen LogP contribution < -0.4 is 10.6 Å². The fourth-order valence-corrected chi connectivity index (χ4v) is 21.5. The summed E-state index contributed by atoms with van der Waals surface area (Å²) in [6, 6.07) is 0. The van der Waals surface area contributed by atoms with E-state index in [1.54, 1.807) is 0 Å². The number of nitrogens with one attached hydrogen (secondary N) is 2. The second kappa shape index (κ2) is 52.8. The van der Waals surface area contributed by atoms with Crippen molar-refractivity contribution in [1.29, 1.82) is 0 Å². The van der Waals surface area contributed by atoms with E-state index in [2.05, 4.69) is 104 Å². The van der Waals surface area contributed by atoms with Gasteiger partial charge in [0.1, 0.15) is 0 Å². The van der Waals surface area contributed by atoms with E-state index in [0.717, 1.165) is 223 Å². The predicted molar refractivity (Wildman–Crippen MR) is 441 cm³/mol. The zero-order chi connectivity index (χ0) is 72.5. The Kier molecular flexibility index (Phi) is 46.0. The maximum absolute atomic E-state index is 6.73. The minimum absolute atomic E-state index is 0.185. The summed E-state index contributed by atoms with van der Waals surface area (Å²) < 4.78 is 26.4. The molecular weight excluding hydrogens is 1250 g/mol. The Hall–Kier alpha value is -0.320. The van der Waals surface area contributed by atoms with E-state index < -0.39 is 0 Å². The van der Waals surface area contributed by atoms with Crippen molar-refractivity contribution in [2.24, 2.45) is 118 Å². The number of piperazine rings is 2. The highest BCUT2D eigenvalue weighted by Gasteiger charge is 2.33. The van der Waals surface area contributed by atoms with Crippen molar-refractivity contribution in [2.45, 2.75) is 378 Å². The molecule has 3 aliphatic heterocycles. The summed E-state index contributed by atoms with van der Waals surface area (Å²) in [6.45, 7) is 46.6. The highest BCUT2D eigenvalue weighted by molar-refractivity contribution is 4.85. The largest absolute Gasteiger partial charge is 0.379 e. The second-order valence-electron chi connectivity index (χ2n) is 39.5. The van der Waals surface area contributed by atoms with Crippen molar-refractivity contribution in [2.75, 3.05) is 105 Å². The normalized spacial score (nSPS) is 40.0. The summed E-state index contributed by atoms with van der Waals surface area (Å²) in [5.74, 6) is 17.9. The molecule has 0 amide bonds. The highest BCUT2D eigenvalue weighted by Crippen LogP contribution is 2.45. The molecular formula is C94H180N4O4. The quantitative estimate of drug-likeness (QED) is 0.289. The Labute approximate surface area is 637 Å². The van der Waals surface area contributed by atoms with Crippen LogP contribution in [-0.2, 0) is 18.9 Å². The minimum atomic E-state index is 0.185. The molecule has 7 rings (SSSR count). The van der Waals surface area contributed by atoms with E-state index in [1.807, 2.05) is 0 Å². The fraction of sp³-hybridized carbons (Fsp3) is 1.00. The third-order valence-electron chi connectivity index (χ3n) is 29.9. The summed E-state index contributed by atoms with van der Waals surface area (Å²) in [6.07, 6.45) is 63.0. The van der Waals surface area contributed by atoms with Gasteiger partial charge < -0.3 is 29.6 Å². The topological polar surface area (TPSA) is 67.5 Å². The van der Waals surface area contributed by atoms with Gasteiger partial charge in [-0.25, -0.2) is 0 Å². The van der Waals surface area contributed by atoms with Crippen molar-refractivity contribution in [3.05, 3.63) is 0 Å². The van der Waals surface area contributed by atoms with Gasteiger partial charge in [0, 0.05) is 91.9 Å². The van der Waals surface area contributed by atoms with Crippen molar-refractivity contribution < 1.29 is 18.9 Å². The van der Waals surface area contributed by atoms with Crippen LogP contribution in [0.4, 0.5) is 0 Å². The molecule has 0 aromatic rings. The molecule has 7 fully saturated rings. The maximum atomic E-state index is 6.73. The van der Waals surface area contributed by atoms with Gasteiger partial charge in [0.25, 0.3) is 0 Å². The smallest absolute Gasteiger partial charge is 0.0934 e. The Balaban J connectivity index is 0.794. The van der Waals surface area contributed by atoms with Crippen molar-refractivity contribution in [3.63, 3.8) is 0 Å². The van der Waals surface area contributed by atoms with E-state index in [0.29, 0.717) is 0 Å². The Bertz CT molecular complexity index is 1860. The maximum Gasteiger partial charge on any atom is 0.0934 e. The third-order valence-corrected chi connectivity index (χ3v) is 29.9. The van der Waals surface area contributed by atoms with Gasteiger partial charge in [-0.05, 0) is 195 Å². The number of hydrogen-bond acceptors (Lipinski definition) is 8. The third kappa shape index (κ3) is 38.1. The van der Waals surface area contributed by atoms with Crippen LogP contribution in [0.5, 0.6) is 0 Å². The standard InChI is InChI=1S/C94H180N4O4/c1-73-21-13-29-81(9)89-45-41-85(65-89)33-17-25-77(5)49-61-99-71-93(69-97-57-53-95-54-58-97)101-63-51-79(7)27-19-35-87-43-47-91(67-87)83(11)31-15-23-75(3)39-40-76(4)24-16-32-84(12)92-48-44-88(68-92)36-20-28-80(8)52-64-102-94(70-98-59-55-96-56-60-98)72-100-62-50-78(6)26-18-34-86-42-46-90(66-86)82(10)30-14-22-74(2)38-37-73/h73-96H,13-72H2,1-12H3. The van der Waals surface area contributed by atoms with E-state index in [4.69, 9.17) is 18.9 Å². The summed E-state index contributed by atoms with van der Waals surface area (Å²) in [5, 5.41) is 7.11. The molecule has 8 heteroatoms. The van der Waals surface area contributed by atoms with Gasteiger partial charge in [-0.2, -0.15) is 0 Å². The predicted octanol–water partition coefficient (Wildman–Crippen LogP) is 24.4. The van der Waals surface area contributed by atoms with Crippen LogP contribution >= 0.6 is 0 Å². The van der Waals surface area contributed by atoms with Crippen LogP contribution in [0.2, 0.25) is 0 Å². The van der Waals surface area contributed by atoms with Crippen LogP contribution in [0.3, 0.4) is 0 Å². The zero-order valence-corrected chi connectivity index (χ0v) is 70.7. The van der Waals surface area contributed by atoms with Crippen LogP contribution in [0.15, 0.2) is 0 Å². The molecule has 0 radical (unpaired) electrons. The van der Waals surface area contributed by atoms with Crippen molar-refractivity contribution >= 4 is 0 Å². The van der Waals surface area contributed by atoms with Gasteiger partial charge in [-0.15, -0.1) is 0 Å². The van der Waals surface area contributed by atoms with Gasteiger partial charge in [0.05, 0.1) is 25.4 Å². The molecule has 0 spiro atoms. The highest BCUT2D eigenvalue weighted by atomic mass is 16.5.